The molecule has 1 N–H and O–H groups in total. The molecule has 2 heterocycles. The van der Waals surface area contributed by atoms with Crippen molar-refractivity contribution in [2.24, 2.45) is 5.92 Å². The Labute approximate surface area is 198 Å². The molecule has 0 aliphatic rings. The van der Waals surface area contributed by atoms with Gasteiger partial charge in [0.25, 0.3) is 5.91 Å². The molecule has 176 valence electrons. The summed E-state index contributed by atoms with van der Waals surface area (Å²) in [7, 11) is 0. The molecule has 0 saturated carbocycles. The number of alkyl halides is 3. The Morgan fingerprint density at radius 1 is 1.12 bits per heavy atom. The van der Waals surface area contributed by atoms with E-state index in [9.17, 15) is 18.0 Å². The third-order valence-electron chi connectivity index (χ3n) is 4.68. The molecule has 4 rings (SSSR count). The molecule has 0 saturated heterocycles. The van der Waals surface area contributed by atoms with Crippen molar-refractivity contribution in [1.29, 1.82) is 0 Å². The first kappa shape index (κ1) is 23.5. The summed E-state index contributed by atoms with van der Waals surface area (Å²) < 4.78 is 47.0. The summed E-state index contributed by atoms with van der Waals surface area (Å²) in [6.07, 6.45) is -4.50. The first-order valence-corrected chi connectivity index (χ1v) is 11.3. The van der Waals surface area contributed by atoms with Crippen molar-refractivity contribution in [3.8, 4) is 23.1 Å². The van der Waals surface area contributed by atoms with Crippen molar-refractivity contribution in [2.45, 2.75) is 20.0 Å². The molecule has 10 heteroatoms. The second-order valence-corrected chi connectivity index (χ2v) is 8.84. The number of carbonyl (C=O) groups is 1. The molecule has 0 radical (unpaired) electrons. The minimum Gasteiger partial charge on any atom is -0.462 e. The summed E-state index contributed by atoms with van der Waals surface area (Å²) in [6, 6.07) is 15.2. The van der Waals surface area contributed by atoms with Crippen LogP contribution in [0.4, 0.5) is 18.9 Å². The highest BCUT2D eigenvalue weighted by Crippen LogP contribution is 2.33. The lowest BCUT2D eigenvalue weighted by Gasteiger charge is -2.11. The van der Waals surface area contributed by atoms with Crippen LogP contribution in [0.15, 0.2) is 66.0 Å². The van der Waals surface area contributed by atoms with Crippen molar-refractivity contribution >= 4 is 22.9 Å². The molecule has 6 nitrogen and oxygen atoms in total. The molecule has 34 heavy (non-hydrogen) atoms. The van der Waals surface area contributed by atoms with Crippen LogP contribution in [0.3, 0.4) is 0 Å². The van der Waals surface area contributed by atoms with E-state index in [0.29, 0.717) is 22.9 Å². The molecule has 0 atom stereocenters. The maximum absolute atomic E-state index is 13.3. The van der Waals surface area contributed by atoms with Crippen molar-refractivity contribution in [3.63, 3.8) is 0 Å². The quantitative estimate of drug-likeness (QED) is 0.333. The van der Waals surface area contributed by atoms with Crippen LogP contribution in [0.2, 0.25) is 0 Å². The van der Waals surface area contributed by atoms with Gasteiger partial charge in [0.05, 0.1) is 22.7 Å². The van der Waals surface area contributed by atoms with Gasteiger partial charge in [-0.05, 0) is 47.7 Å². The minimum atomic E-state index is -4.50. The molecule has 0 bridgehead atoms. The maximum atomic E-state index is 13.3. The average Bonchev–Trinajstić information content (AvgIpc) is 3.48. The Kier molecular flexibility index (Phi) is 6.69. The number of halogens is 3. The van der Waals surface area contributed by atoms with Crippen molar-refractivity contribution in [1.82, 2.24) is 14.8 Å². The van der Waals surface area contributed by atoms with E-state index in [-0.39, 0.29) is 29.2 Å². The van der Waals surface area contributed by atoms with Gasteiger partial charge in [-0.15, -0.1) is 16.4 Å². The topological polar surface area (TPSA) is 69.0 Å². The van der Waals surface area contributed by atoms with E-state index in [1.807, 2.05) is 13.8 Å². The highest BCUT2D eigenvalue weighted by atomic mass is 32.1. The number of ether oxygens (including phenoxy) is 1. The Balaban J connectivity index is 1.73. The lowest BCUT2D eigenvalue weighted by molar-refractivity contribution is -0.137. The van der Waals surface area contributed by atoms with E-state index in [0.717, 1.165) is 12.1 Å². The highest BCUT2D eigenvalue weighted by molar-refractivity contribution is 7.12. The van der Waals surface area contributed by atoms with Crippen molar-refractivity contribution in [2.75, 3.05) is 11.9 Å². The van der Waals surface area contributed by atoms with Gasteiger partial charge in [0.15, 0.2) is 5.82 Å². The lowest BCUT2D eigenvalue weighted by atomic mass is 10.1. The fourth-order valence-corrected chi connectivity index (χ4v) is 3.73. The van der Waals surface area contributed by atoms with E-state index >= 15 is 0 Å². The SMILES string of the molecule is CC(C)COc1nc(-c2cccc(C(F)(F)F)c2)n(-c2cccc(NC(=O)c3cccs3)c2)n1. The molecule has 0 aliphatic heterocycles. The number of nitrogens with zero attached hydrogens (tertiary/aromatic N) is 3. The first-order chi connectivity index (χ1) is 16.2. The summed E-state index contributed by atoms with van der Waals surface area (Å²) in [6.45, 7) is 4.28. The Bertz CT molecular complexity index is 1280. The van der Waals surface area contributed by atoms with Gasteiger partial charge in [-0.1, -0.05) is 38.1 Å². The fourth-order valence-electron chi connectivity index (χ4n) is 3.11. The molecule has 0 spiro atoms. The van der Waals surface area contributed by atoms with Gasteiger partial charge in [-0.25, -0.2) is 4.68 Å². The summed E-state index contributed by atoms with van der Waals surface area (Å²) >= 11 is 1.32. The smallest absolute Gasteiger partial charge is 0.416 e. The van der Waals surface area contributed by atoms with Gasteiger partial charge in [-0.3, -0.25) is 4.79 Å². The van der Waals surface area contributed by atoms with Crippen LogP contribution in [-0.4, -0.2) is 27.3 Å². The van der Waals surface area contributed by atoms with E-state index in [1.54, 1.807) is 41.8 Å². The minimum absolute atomic E-state index is 0.0501. The maximum Gasteiger partial charge on any atom is 0.416 e. The van der Waals surface area contributed by atoms with Crippen LogP contribution in [0.5, 0.6) is 6.01 Å². The zero-order chi connectivity index (χ0) is 24.3. The summed E-state index contributed by atoms with van der Waals surface area (Å²) in [5, 5.41) is 9.01. The van der Waals surface area contributed by atoms with E-state index < -0.39 is 11.7 Å². The summed E-state index contributed by atoms with van der Waals surface area (Å²) in [5.41, 5.74) is 0.449. The van der Waals surface area contributed by atoms with Gasteiger partial charge < -0.3 is 10.1 Å². The number of benzene rings is 2. The Hall–Kier alpha value is -3.66. The normalized spacial score (nSPS) is 11.6. The average molecular weight is 487 g/mol. The Morgan fingerprint density at radius 3 is 2.62 bits per heavy atom. The van der Waals surface area contributed by atoms with Gasteiger partial charge >= 0.3 is 12.2 Å². The third kappa shape index (κ3) is 5.45. The van der Waals surface area contributed by atoms with Gasteiger partial charge in [0.2, 0.25) is 0 Å². The molecular weight excluding hydrogens is 465 g/mol. The van der Waals surface area contributed by atoms with Gasteiger partial charge in [-0.2, -0.15) is 18.2 Å². The fraction of sp³-hybridized carbons (Fsp3) is 0.208. The monoisotopic (exact) mass is 486 g/mol. The molecule has 0 unspecified atom stereocenters. The van der Waals surface area contributed by atoms with Gasteiger partial charge in [0, 0.05) is 11.3 Å². The first-order valence-electron chi connectivity index (χ1n) is 10.4. The van der Waals surface area contributed by atoms with Crippen LogP contribution in [0, 0.1) is 5.92 Å². The van der Waals surface area contributed by atoms with Crippen LogP contribution in [0.25, 0.3) is 17.1 Å². The van der Waals surface area contributed by atoms with Gasteiger partial charge in [0.1, 0.15) is 0 Å². The molecule has 2 aromatic heterocycles. The number of rotatable bonds is 7. The van der Waals surface area contributed by atoms with Crippen molar-refractivity contribution in [3.05, 3.63) is 76.5 Å². The summed E-state index contributed by atoms with van der Waals surface area (Å²) in [4.78, 5) is 17.3. The number of hydrogen-bond acceptors (Lipinski definition) is 5. The molecule has 0 fully saturated rings. The number of hydrogen-bond donors (Lipinski definition) is 1. The number of amides is 1. The number of thiophene rings is 1. The van der Waals surface area contributed by atoms with Crippen LogP contribution < -0.4 is 10.1 Å². The summed E-state index contributed by atoms with van der Waals surface area (Å²) in [5.74, 6) is 0.135. The molecule has 0 aliphatic carbocycles. The molecule has 2 aromatic carbocycles. The zero-order valence-corrected chi connectivity index (χ0v) is 19.2. The predicted molar refractivity (Wildman–Crippen MR) is 124 cm³/mol. The molecule has 1 amide bonds. The standard InChI is InChI=1S/C24H21F3N4O2S/c1-15(2)14-33-23-29-21(16-6-3-7-17(12-16)24(25,26)27)31(30-23)19-9-4-8-18(13-19)28-22(32)20-10-5-11-34-20/h3-13,15H,14H2,1-2H3,(H,28,32). The number of anilines is 1. The largest absolute Gasteiger partial charge is 0.462 e. The molecule has 4 aromatic rings. The predicted octanol–water partition coefficient (Wildman–Crippen LogP) is 6.30. The van der Waals surface area contributed by atoms with Crippen molar-refractivity contribution < 1.29 is 22.7 Å². The lowest BCUT2D eigenvalue weighted by Crippen LogP contribution is -2.10. The third-order valence-corrected chi connectivity index (χ3v) is 5.54. The highest BCUT2D eigenvalue weighted by Gasteiger charge is 2.31. The number of carbonyl (C=O) groups excluding carboxylic acids is 1. The van der Waals surface area contributed by atoms with Crippen LogP contribution in [0.1, 0.15) is 29.1 Å². The molecular formula is C24H21F3N4O2S. The second-order valence-electron chi connectivity index (χ2n) is 7.89. The Morgan fingerprint density at radius 2 is 1.91 bits per heavy atom. The van der Waals surface area contributed by atoms with E-state index in [2.05, 4.69) is 15.4 Å². The van der Waals surface area contributed by atoms with E-state index in [4.69, 9.17) is 4.74 Å². The number of nitrogens with one attached hydrogen (secondary N) is 1. The van der Waals surface area contributed by atoms with E-state index in [1.165, 1.54) is 28.2 Å². The van der Waals surface area contributed by atoms with Crippen LogP contribution in [-0.2, 0) is 6.18 Å². The van der Waals surface area contributed by atoms with Crippen LogP contribution >= 0.6 is 11.3 Å². The second kappa shape index (κ2) is 9.68. The number of aromatic nitrogens is 3. The zero-order valence-electron chi connectivity index (χ0n) is 18.3.